The van der Waals surface area contributed by atoms with Crippen molar-refractivity contribution < 1.29 is 23.2 Å². The molecule has 29 heavy (non-hydrogen) atoms. The molecule has 148 valence electrons. The number of carbonyl (C=O) groups is 1. The van der Waals surface area contributed by atoms with E-state index in [4.69, 9.17) is 19.7 Å². The molecule has 0 unspecified atom stereocenters. The molecule has 7 heteroatoms. The smallest absolute Gasteiger partial charge is 0.400 e. The van der Waals surface area contributed by atoms with Crippen molar-refractivity contribution in [2.24, 2.45) is 10.9 Å². The zero-order valence-corrected chi connectivity index (χ0v) is 15.5. The highest BCUT2D eigenvalue weighted by atomic mass is 19.1. The predicted octanol–water partition coefficient (Wildman–Crippen LogP) is 4.20. The molecule has 0 atom stereocenters. The Kier molecular flexibility index (Phi) is 6.42. The van der Waals surface area contributed by atoms with Crippen molar-refractivity contribution in [2.75, 3.05) is 0 Å². The van der Waals surface area contributed by atoms with Gasteiger partial charge in [0.15, 0.2) is 5.84 Å². The molecule has 0 fully saturated rings. The lowest BCUT2D eigenvalue weighted by molar-refractivity contribution is 0.0475. The number of hydrogen-bond donors (Lipinski definition) is 1. The van der Waals surface area contributed by atoms with Gasteiger partial charge in [0.1, 0.15) is 23.9 Å². The molecule has 0 amide bonds. The van der Waals surface area contributed by atoms with E-state index in [0.717, 1.165) is 5.56 Å². The molecule has 1 heterocycles. The Bertz CT molecular complexity index is 1030. The fourth-order valence-corrected chi connectivity index (χ4v) is 2.49. The summed E-state index contributed by atoms with van der Waals surface area (Å²) >= 11 is 0. The lowest BCUT2D eigenvalue weighted by Gasteiger charge is -2.08. The van der Waals surface area contributed by atoms with Gasteiger partial charge in [-0.3, -0.25) is 0 Å². The minimum atomic E-state index is -0.812. The van der Waals surface area contributed by atoms with Gasteiger partial charge in [0.05, 0.1) is 0 Å². The van der Waals surface area contributed by atoms with Crippen LogP contribution in [0, 0.1) is 5.82 Å². The molecule has 0 radical (unpaired) electrons. The topological polar surface area (TPSA) is 87.0 Å². The van der Waals surface area contributed by atoms with Crippen LogP contribution in [0.3, 0.4) is 0 Å². The van der Waals surface area contributed by atoms with E-state index in [1.54, 1.807) is 12.1 Å². The predicted molar refractivity (Wildman–Crippen MR) is 106 cm³/mol. The van der Waals surface area contributed by atoms with Crippen molar-refractivity contribution in [2.45, 2.75) is 13.0 Å². The third-order valence-corrected chi connectivity index (χ3v) is 3.94. The van der Waals surface area contributed by atoms with Crippen LogP contribution in [0.25, 0.3) is 0 Å². The summed E-state index contributed by atoms with van der Waals surface area (Å²) in [5.74, 6) is -0.166. The molecule has 2 N–H and O–H groups in total. The Morgan fingerprint density at radius 1 is 1.14 bits per heavy atom. The Hall–Kier alpha value is -3.87. The lowest BCUT2D eigenvalue weighted by Crippen LogP contribution is -2.15. The number of allylic oxidation sites excluding steroid dienone is 1. The first-order valence-electron chi connectivity index (χ1n) is 8.78. The van der Waals surface area contributed by atoms with Crippen molar-refractivity contribution >= 4 is 11.8 Å². The van der Waals surface area contributed by atoms with Crippen molar-refractivity contribution in [1.82, 2.24) is 0 Å². The highest BCUT2D eigenvalue weighted by Crippen LogP contribution is 2.21. The Morgan fingerprint density at radius 2 is 1.90 bits per heavy atom. The van der Waals surface area contributed by atoms with Crippen LogP contribution in [-0.4, -0.2) is 11.8 Å². The first-order valence-corrected chi connectivity index (χ1v) is 8.78. The van der Waals surface area contributed by atoms with Crippen LogP contribution in [0.4, 0.5) is 4.39 Å². The third kappa shape index (κ3) is 5.32. The van der Waals surface area contributed by atoms with Crippen molar-refractivity contribution in [3.8, 4) is 5.75 Å². The molecule has 3 aromatic rings. The highest BCUT2D eigenvalue weighted by Gasteiger charge is 2.14. The van der Waals surface area contributed by atoms with Gasteiger partial charge < -0.3 is 19.7 Å². The maximum atomic E-state index is 12.9. The van der Waals surface area contributed by atoms with E-state index in [2.05, 4.69) is 11.7 Å². The Balaban J connectivity index is 1.59. The highest BCUT2D eigenvalue weighted by molar-refractivity contribution is 5.97. The quantitative estimate of drug-likeness (QED) is 0.203. The van der Waals surface area contributed by atoms with Crippen LogP contribution in [0.15, 0.2) is 82.9 Å². The van der Waals surface area contributed by atoms with E-state index < -0.39 is 11.8 Å². The lowest BCUT2D eigenvalue weighted by atomic mass is 10.1. The van der Waals surface area contributed by atoms with E-state index in [9.17, 15) is 9.18 Å². The molecule has 0 saturated carbocycles. The summed E-state index contributed by atoms with van der Waals surface area (Å²) in [5, 5.41) is 3.56. The van der Waals surface area contributed by atoms with Gasteiger partial charge >= 0.3 is 5.97 Å². The van der Waals surface area contributed by atoms with Gasteiger partial charge in [-0.1, -0.05) is 29.4 Å². The van der Waals surface area contributed by atoms with Crippen molar-refractivity contribution in [1.29, 1.82) is 0 Å². The summed E-state index contributed by atoms with van der Waals surface area (Å²) in [5.41, 5.74) is 7.14. The van der Waals surface area contributed by atoms with E-state index >= 15 is 0 Å². The van der Waals surface area contributed by atoms with Crippen LogP contribution in [0.5, 0.6) is 5.75 Å². The van der Waals surface area contributed by atoms with Gasteiger partial charge in [-0.05, 0) is 54.4 Å². The number of ether oxygens (including phenoxy) is 1. The Labute approximate surface area is 167 Å². The second-order valence-electron chi connectivity index (χ2n) is 6.02. The third-order valence-electron chi connectivity index (χ3n) is 3.94. The first kappa shape index (κ1) is 19.9. The second kappa shape index (κ2) is 9.36. The molecule has 3 rings (SSSR count). The largest absolute Gasteiger partial charge is 0.485 e. The van der Waals surface area contributed by atoms with Crippen molar-refractivity contribution in [3.63, 3.8) is 0 Å². The number of furan rings is 1. The number of oxime groups is 1. The summed E-state index contributed by atoms with van der Waals surface area (Å²) in [6, 6.07) is 16.0. The number of carbonyl (C=O) groups excluding carboxylic acids is 1. The molecule has 0 aliphatic rings. The summed E-state index contributed by atoms with van der Waals surface area (Å²) in [7, 11) is 0. The van der Waals surface area contributed by atoms with Gasteiger partial charge in [0, 0.05) is 5.56 Å². The minimum Gasteiger partial charge on any atom is -0.485 e. The number of nitrogens with zero attached hydrogens (tertiary/aromatic N) is 1. The van der Waals surface area contributed by atoms with Crippen LogP contribution >= 0.6 is 0 Å². The average molecular weight is 394 g/mol. The van der Waals surface area contributed by atoms with Crippen LogP contribution in [-0.2, 0) is 17.9 Å². The molecule has 0 aliphatic carbocycles. The van der Waals surface area contributed by atoms with Crippen LogP contribution in [0.1, 0.15) is 27.4 Å². The summed E-state index contributed by atoms with van der Waals surface area (Å²) < 4.78 is 24.1. The summed E-state index contributed by atoms with van der Waals surface area (Å²) in [6.45, 7) is 3.87. The number of hydrogen-bond acceptors (Lipinski definition) is 5. The fourth-order valence-electron chi connectivity index (χ4n) is 2.49. The second-order valence-corrected chi connectivity index (χ2v) is 6.02. The van der Waals surface area contributed by atoms with Gasteiger partial charge in [0.2, 0.25) is 5.76 Å². The van der Waals surface area contributed by atoms with Crippen LogP contribution < -0.4 is 10.5 Å². The standard InChI is InChI=1S/C22H19FN2O4/c1-2-5-15-6-3-4-7-19(15)27-14-18-12-13-20(28-18)22(26)29-25-21(24)16-8-10-17(23)11-9-16/h2-4,6-13H,1,5,14H2,(H2,24,25). The monoisotopic (exact) mass is 394 g/mol. The SMILES string of the molecule is C=CCc1ccccc1OCc1ccc(C(=O)O/N=C(\N)c2ccc(F)cc2)o1. The van der Waals surface area contributed by atoms with E-state index in [1.807, 2.05) is 24.3 Å². The summed E-state index contributed by atoms with van der Waals surface area (Å²) in [6.07, 6.45) is 2.47. The minimum absolute atomic E-state index is 0.0429. The number of nitrogens with two attached hydrogens (primary N) is 1. The molecule has 1 aromatic heterocycles. The molecular formula is C22H19FN2O4. The maximum absolute atomic E-state index is 12.9. The molecule has 0 spiro atoms. The normalized spacial score (nSPS) is 11.1. The van der Waals surface area contributed by atoms with E-state index in [-0.39, 0.29) is 18.2 Å². The fraction of sp³-hybridized carbons (Fsp3) is 0.0909. The van der Waals surface area contributed by atoms with Gasteiger partial charge in [-0.15, -0.1) is 6.58 Å². The zero-order valence-electron chi connectivity index (χ0n) is 15.5. The van der Waals surface area contributed by atoms with E-state index in [0.29, 0.717) is 23.5 Å². The van der Waals surface area contributed by atoms with Crippen molar-refractivity contribution in [3.05, 3.63) is 102 Å². The number of para-hydroxylation sites is 1. The van der Waals surface area contributed by atoms with E-state index in [1.165, 1.54) is 30.3 Å². The molecule has 6 nitrogen and oxygen atoms in total. The number of amidine groups is 1. The average Bonchev–Trinajstić information content (AvgIpc) is 3.21. The van der Waals surface area contributed by atoms with Gasteiger partial charge in [-0.2, -0.15) is 0 Å². The molecule has 2 aromatic carbocycles. The molecule has 0 saturated heterocycles. The van der Waals surface area contributed by atoms with Gasteiger partial charge in [-0.25, -0.2) is 9.18 Å². The van der Waals surface area contributed by atoms with Crippen LogP contribution in [0.2, 0.25) is 0 Å². The number of rotatable bonds is 8. The molecule has 0 bridgehead atoms. The zero-order chi connectivity index (χ0) is 20.6. The maximum Gasteiger partial charge on any atom is 0.400 e. The Morgan fingerprint density at radius 3 is 2.66 bits per heavy atom. The number of benzene rings is 2. The first-order chi connectivity index (χ1) is 14.1. The summed E-state index contributed by atoms with van der Waals surface area (Å²) in [4.78, 5) is 16.9. The molecule has 0 aliphatic heterocycles. The number of halogens is 1. The molecular weight excluding hydrogens is 375 g/mol. The van der Waals surface area contributed by atoms with Gasteiger partial charge in [0.25, 0.3) is 0 Å².